The first-order chi connectivity index (χ1) is 14.8. The normalized spacial score (nSPS) is 14.2. The molecule has 0 spiro atoms. The zero-order valence-electron chi connectivity index (χ0n) is 16.7. The predicted octanol–water partition coefficient (Wildman–Crippen LogP) is 3.02. The minimum Gasteiger partial charge on any atom is -0.382 e. The van der Waals surface area contributed by atoms with Gasteiger partial charge in [0.1, 0.15) is 0 Å². The maximum atomic E-state index is 13.1. The molecule has 0 atom stereocenters. The van der Waals surface area contributed by atoms with Crippen molar-refractivity contribution in [3.05, 3.63) is 46.3 Å². The molecule has 5 rings (SSSR count). The van der Waals surface area contributed by atoms with Crippen LogP contribution in [-0.4, -0.2) is 42.5 Å². The highest BCUT2D eigenvalue weighted by Gasteiger charge is 2.29. The molecule has 0 amide bonds. The molecular formula is C20H22N6O3S. The zero-order chi connectivity index (χ0) is 20.5. The van der Waals surface area contributed by atoms with Gasteiger partial charge < -0.3 is 9.26 Å². The number of benzene rings is 1. The number of nitrogens with zero attached hydrogens (tertiary/aromatic N) is 6. The lowest BCUT2D eigenvalue weighted by molar-refractivity contribution is 0.141. The van der Waals surface area contributed by atoms with E-state index >= 15 is 0 Å². The lowest BCUT2D eigenvalue weighted by atomic mass is 10.2. The molecule has 1 aliphatic carbocycles. The number of para-hydroxylation sites is 1. The average molecular weight is 427 g/mol. The number of aromatic nitrogens is 6. The van der Waals surface area contributed by atoms with E-state index in [0.717, 1.165) is 30.7 Å². The third-order valence-electron chi connectivity index (χ3n) is 5.09. The summed E-state index contributed by atoms with van der Waals surface area (Å²) in [6.07, 6.45) is 2.97. The Kier molecular flexibility index (Phi) is 5.26. The first-order valence-corrected chi connectivity index (χ1v) is 11.1. The predicted molar refractivity (Wildman–Crippen MR) is 112 cm³/mol. The SMILES string of the molecule is CCOCCCn1c(=O)c2ccccc2n2c(SCc3noc(C4CC4)n3)nnc12. The largest absolute Gasteiger partial charge is 0.382 e. The first kappa shape index (κ1) is 19.3. The van der Waals surface area contributed by atoms with Crippen LogP contribution in [0.5, 0.6) is 0 Å². The summed E-state index contributed by atoms with van der Waals surface area (Å²) in [7, 11) is 0. The summed E-state index contributed by atoms with van der Waals surface area (Å²) in [5, 5.41) is 14.1. The Bertz CT molecular complexity index is 1240. The minimum atomic E-state index is -0.0641. The fourth-order valence-electron chi connectivity index (χ4n) is 3.45. The van der Waals surface area contributed by atoms with Gasteiger partial charge in [0.05, 0.1) is 16.7 Å². The summed E-state index contributed by atoms with van der Waals surface area (Å²) in [6.45, 7) is 3.73. The van der Waals surface area contributed by atoms with E-state index in [2.05, 4.69) is 20.3 Å². The minimum absolute atomic E-state index is 0.0641. The van der Waals surface area contributed by atoms with Crippen molar-refractivity contribution in [2.45, 2.75) is 49.6 Å². The maximum Gasteiger partial charge on any atom is 0.262 e. The van der Waals surface area contributed by atoms with Gasteiger partial charge in [-0.05, 0) is 38.3 Å². The van der Waals surface area contributed by atoms with Gasteiger partial charge in [-0.25, -0.2) is 0 Å². The molecule has 0 aliphatic heterocycles. The quantitative estimate of drug-likeness (QED) is 0.297. The van der Waals surface area contributed by atoms with Gasteiger partial charge in [0.25, 0.3) is 5.56 Å². The Hall–Kier alpha value is -2.72. The van der Waals surface area contributed by atoms with Crippen LogP contribution < -0.4 is 5.56 Å². The van der Waals surface area contributed by atoms with Gasteiger partial charge in [0.15, 0.2) is 11.0 Å². The van der Waals surface area contributed by atoms with E-state index in [4.69, 9.17) is 9.26 Å². The van der Waals surface area contributed by atoms with E-state index in [9.17, 15) is 4.79 Å². The van der Waals surface area contributed by atoms with Gasteiger partial charge >= 0.3 is 0 Å². The Labute approximate surface area is 176 Å². The van der Waals surface area contributed by atoms with E-state index < -0.39 is 0 Å². The summed E-state index contributed by atoms with van der Waals surface area (Å²) < 4.78 is 14.4. The standard InChI is InChI=1S/C20H22N6O3S/c1-2-28-11-5-10-25-18(27)14-6-3-4-7-15(14)26-19(25)22-23-20(26)30-12-16-21-17(29-24-16)13-8-9-13/h3-4,6-7,13H,2,5,8-12H2,1H3. The Morgan fingerprint density at radius 1 is 1.27 bits per heavy atom. The van der Waals surface area contributed by atoms with Gasteiger partial charge in [0, 0.05) is 25.7 Å². The van der Waals surface area contributed by atoms with E-state index in [1.54, 1.807) is 4.57 Å². The summed E-state index contributed by atoms with van der Waals surface area (Å²) >= 11 is 1.48. The molecule has 10 heteroatoms. The summed E-state index contributed by atoms with van der Waals surface area (Å²) in [4.78, 5) is 17.5. The maximum absolute atomic E-state index is 13.1. The number of rotatable bonds is 9. The fourth-order valence-corrected chi connectivity index (χ4v) is 4.23. The summed E-state index contributed by atoms with van der Waals surface area (Å²) in [6, 6.07) is 7.54. The molecule has 3 aromatic heterocycles. The molecule has 156 valence electrons. The molecule has 4 aromatic rings. The molecule has 0 bridgehead atoms. The average Bonchev–Trinajstić information content (AvgIpc) is 3.36. The molecule has 0 N–H and O–H groups in total. The van der Waals surface area contributed by atoms with Gasteiger partial charge in [-0.3, -0.25) is 13.8 Å². The smallest absolute Gasteiger partial charge is 0.262 e. The number of hydrogen-bond acceptors (Lipinski definition) is 8. The number of hydrogen-bond donors (Lipinski definition) is 0. The van der Waals surface area contributed by atoms with E-state index in [0.29, 0.717) is 53.6 Å². The molecule has 9 nitrogen and oxygen atoms in total. The molecule has 1 aliphatic rings. The van der Waals surface area contributed by atoms with E-state index in [1.807, 2.05) is 35.6 Å². The second kappa shape index (κ2) is 8.19. The molecule has 3 heterocycles. The van der Waals surface area contributed by atoms with Gasteiger partial charge in [0.2, 0.25) is 11.7 Å². The van der Waals surface area contributed by atoms with Crippen molar-refractivity contribution in [3.8, 4) is 0 Å². The lowest BCUT2D eigenvalue weighted by Gasteiger charge is -2.11. The van der Waals surface area contributed by atoms with Crippen LogP contribution >= 0.6 is 11.8 Å². The summed E-state index contributed by atoms with van der Waals surface area (Å²) in [5.74, 6) is 2.86. The van der Waals surface area contributed by atoms with Crippen molar-refractivity contribution in [1.82, 2.24) is 29.3 Å². The third-order valence-corrected chi connectivity index (χ3v) is 6.02. The molecular weight excluding hydrogens is 404 g/mol. The number of thioether (sulfide) groups is 1. The molecule has 0 radical (unpaired) electrons. The molecule has 30 heavy (non-hydrogen) atoms. The molecule has 0 unspecified atom stereocenters. The van der Waals surface area contributed by atoms with E-state index in [-0.39, 0.29) is 5.56 Å². The van der Waals surface area contributed by atoms with Crippen LogP contribution in [0.25, 0.3) is 16.7 Å². The van der Waals surface area contributed by atoms with Crippen LogP contribution in [0, 0.1) is 0 Å². The first-order valence-electron chi connectivity index (χ1n) is 10.2. The molecule has 0 saturated heterocycles. The number of aryl methyl sites for hydroxylation is 1. The van der Waals surface area contributed by atoms with Crippen molar-refractivity contribution in [2.75, 3.05) is 13.2 Å². The van der Waals surface area contributed by atoms with E-state index in [1.165, 1.54) is 11.8 Å². The highest BCUT2D eigenvalue weighted by Crippen LogP contribution is 2.39. The monoisotopic (exact) mass is 426 g/mol. The van der Waals surface area contributed by atoms with Crippen LogP contribution in [0.4, 0.5) is 0 Å². The van der Waals surface area contributed by atoms with Gasteiger partial charge in [-0.1, -0.05) is 29.1 Å². The van der Waals surface area contributed by atoms with Crippen LogP contribution in [0.1, 0.15) is 43.8 Å². The van der Waals surface area contributed by atoms with Crippen LogP contribution in [-0.2, 0) is 17.0 Å². The fraction of sp³-hybridized carbons (Fsp3) is 0.450. The van der Waals surface area contributed by atoms with Crippen molar-refractivity contribution < 1.29 is 9.26 Å². The number of fused-ring (bicyclic) bond motifs is 3. The molecule has 1 saturated carbocycles. The Morgan fingerprint density at radius 3 is 2.97 bits per heavy atom. The summed E-state index contributed by atoms with van der Waals surface area (Å²) in [5.41, 5.74) is 0.726. The Morgan fingerprint density at radius 2 is 2.13 bits per heavy atom. The van der Waals surface area contributed by atoms with Gasteiger partial charge in [-0.15, -0.1) is 10.2 Å². The van der Waals surface area contributed by atoms with Crippen molar-refractivity contribution >= 4 is 28.4 Å². The topological polar surface area (TPSA) is 100 Å². The highest BCUT2D eigenvalue weighted by atomic mass is 32.2. The zero-order valence-corrected chi connectivity index (χ0v) is 17.5. The third kappa shape index (κ3) is 3.61. The molecule has 1 aromatic carbocycles. The van der Waals surface area contributed by atoms with Gasteiger partial charge in [-0.2, -0.15) is 4.98 Å². The molecule has 1 fully saturated rings. The van der Waals surface area contributed by atoms with Crippen LogP contribution in [0.3, 0.4) is 0 Å². The second-order valence-corrected chi connectivity index (χ2v) is 8.20. The lowest BCUT2D eigenvalue weighted by Crippen LogP contribution is -2.24. The highest BCUT2D eigenvalue weighted by molar-refractivity contribution is 7.98. The Balaban J connectivity index is 1.49. The van der Waals surface area contributed by atoms with Crippen LogP contribution in [0.2, 0.25) is 0 Å². The van der Waals surface area contributed by atoms with Crippen molar-refractivity contribution in [1.29, 1.82) is 0 Å². The van der Waals surface area contributed by atoms with Crippen LogP contribution in [0.15, 0.2) is 38.7 Å². The number of ether oxygens (including phenoxy) is 1. The second-order valence-electron chi connectivity index (χ2n) is 7.25. The van der Waals surface area contributed by atoms with Crippen molar-refractivity contribution in [3.63, 3.8) is 0 Å². The van der Waals surface area contributed by atoms with Crippen molar-refractivity contribution in [2.24, 2.45) is 0 Å².